The average molecular weight is 183 g/mol. The zero-order valence-electron chi connectivity index (χ0n) is 8.11. The first-order valence-corrected chi connectivity index (χ1v) is 4.83. The summed E-state index contributed by atoms with van der Waals surface area (Å²) >= 11 is 0. The topological polar surface area (TPSA) is 69.6 Å². The van der Waals surface area contributed by atoms with Gasteiger partial charge in [0.15, 0.2) is 5.82 Å². The van der Waals surface area contributed by atoms with E-state index in [1.165, 1.54) is 0 Å². The lowest BCUT2D eigenvalue weighted by molar-refractivity contribution is 0.528. The molecule has 1 aromatic heterocycles. The van der Waals surface area contributed by atoms with E-state index in [1.807, 2.05) is 4.68 Å². The molecule has 5 nitrogen and oxygen atoms in total. The molecule has 0 saturated carbocycles. The molecule has 0 saturated heterocycles. The van der Waals surface area contributed by atoms with Crippen LogP contribution in [0.3, 0.4) is 0 Å². The van der Waals surface area contributed by atoms with Gasteiger partial charge >= 0.3 is 0 Å². The molecule has 0 fully saturated rings. The summed E-state index contributed by atoms with van der Waals surface area (Å²) in [4.78, 5) is 0. The molecule has 5 heteroatoms. The molecule has 0 unspecified atom stereocenters. The molecule has 13 heavy (non-hydrogen) atoms. The van der Waals surface area contributed by atoms with Crippen molar-refractivity contribution >= 4 is 0 Å². The molecule has 0 aromatic carbocycles. The zero-order valence-corrected chi connectivity index (χ0v) is 8.11. The van der Waals surface area contributed by atoms with Crippen LogP contribution in [0.5, 0.6) is 0 Å². The van der Waals surface area contributed by atoms with Crippen molar-refractivity contribution in [1.82, 2.24) is 20.2 Å². The number of hydrogen-bond acceptors (Lipinski definition) is 4. The van der Waals surface area contributed by atoms with Crippen molar-refractivity contribution in [3.8, 4) is 0 Å². The van der Waals surface area contributed by atoms with Gasteiger partial charge in [0.1, 0.15) is 0 Å². The second-order valence-corrected chi connectivity index (χ2v) is 3.06. The Morgan fingerprint density at radius 1 is 1.38 bits per heavy atom. The van der Waals surface area contributed by atoms with Crippen LogP contribution in [0.1, 0.15) is 32.0 Å². The van der Waals surface area contributed by atoms with Gasteiger partial charge in [-0.15, -0.1) is 5.10 Å². The van der Waals surface area contributed by atoms with Crippen LogP contribution in [0.25, 0.3) is 0 Å². The summed E-state index contributed by atoms with van der Waals surface area (Å²) in [6.07, 6.45) is 4.12. The predicted molar refractivity (Wildman–Crippen MR) is 50.1 cm³/mol. The SMILES string of the molecule is CCCCn1nnnc1CCCN. The van der Waals surface area contributed by atoms with E-state index < -0.39 is 0 Å². The Hall–Kier alpha value is -0.970. The van der Waals surface area contributed by atoms with Gasteiger partial charge < -0.3 is 5.73 Å². The fourth-order valence-corrected chi connectivity index (χ4v) is 1.14. The fraction of sp³-hybridized carbons (Fsp3) is 0.875. The molecule has 2 N–H and O–H groups in total. The minimum atomic E-state index is 0.695. The minimum absolute atomic E-state index is 0.695. The number of aromatic nitrogens is 4. The third-order valence-corrected chi connectivity index (χ3v) is 1.93. The van der Waals surface area contributed by atoms with Crippen molar-refractivity contribution in [1.29, 1.82) is 0 Å². The van der Waals surface area contributed by atoms with Crippen LogP contribution in [-0.2, 0) is 13.0 Å². The fourth-order valence-electron chi connectivity index (χ4n) is 1.14. The largest absolute Gasteiger partial charge is 0.330 e. The van der Waals surface area contributed by atoms with Gasteiger partial charge in [0.25, 0.3) is 0 Å². The minimum Gasteiger partial charge on any atom is -0.330 e. The van der Waals surface area contributed by atoms with Gasteiger partial charge in [0.2, 0.25) is 0 Å². The van der Waals surface area contributed by atoms with E-state index in [2.05, 4.69) is 22.4 Å². The Labute approximate surface area is 78.3 Å². The Bertz CT molecular complexity index is 210. The van der Waals surface area contributed by atoms with Crippen molar-refractivity contribution in [3.05, 3.63) is 5.82 Å². The highest BCUT2D eigenvalue weighted by Gasteiger charge is 2.03. The molecule has 1 rings (SSSR count). The quantitative estimate of drug-likeness (QED) is 0.691. The van der Waals surface area contributed by atoms with Gasteiger partial charge in [0, 0.05) is 13.0 Å². The first-order chi connectivity index (χ1) is 6.38. The van der Waals surface area contributed by atoms with Crippen molar-refractivity contribution in [3.63, 3.8) is 0 Å². The Kier molecular flexibility index (Phi) is 4.39. The Morgan fingerprint density at radius 3 is 2.92 bits per heavy atom. The third kappa shape index (κ3) is 3.10. The van der Waals surface area contributed by atoms with Gasteiger partial charge in [-0.2, -0.15) is 0 Å². The predicted octanol–water partition coefficient (Wildman–Crippen LogP) is 0.364. The number of unbranched alkanes of at least 4 members (excludes halogenated alkanes) is 1. The highest BCUT2D eigenvalue weighted by molar-refractivity contribution is 4.80. The molecule has 0 atom stereocenters. The maximum atomic E-state index is 5.42. The number of aryl methyl sites for hydroxylation is 2. The van der Waals surface area contributed by atoms with Gasteiger partial charge in [-0.05, 0) is 29.8 Å². The highest BCUT2D eigenvalue weighted by atomic mass is 15.5. The monoisotopic (exact) mass is 183 g/mol. The number of hydrogen-bond donors (Lipinski definition) is 1. The summed E-state index contributed by atoms with van der Waals surface area (Å²) in [5.41, 5.74) is 5.42. The van der Waals surface area contributed by atoms with E-state index in [-0.39, 0.29) is 0 Å². The van der Waals surface area contributed by atoms with Crippen molar-refractivity contribution in [2.24, 2.45) is 5.73 Å². The Balaban J connectivity index is 2.45. The van der Waals surface area contributed by atoms with Crippen molar-refractivity contribution in [2.45, 2.75) is 39.2 Å². The van der Waals surface area contributed by atoms with E-state index in [0.717, 1.165) is 38.1 Å². The lowest BCUT2D eigenvalue weighted by Crippen LogP contribution is -2.08. The molecule has 1 aromatic rings. The lowest BCUT2D eigenvalue weighted by Gasteiger charge is -2.01. The maximum Gasteiger partial charge on any atom is 0.151 e. The molecule has 0 aliphatic heterocycles. The summed E-state index contributed by atoms with van der Waals surface area (Å²) in [6, 6.07) is 0. The van der Waals surface area contributed by atoms with E-state index in [1.54, 1.807) is 0 Å². The van der Waals surface area contributed by atoms with Crippen LogP contribution in [0, 0.1) is 0 Å². The summed E-state index contributed by atoms with van der Waals surface area (Å²) in [6.45, 7) is 3.77. The van der Waals surface area contributed by atoms with Gasteiger partial charge in [0.05, 0.1) is 0 Å². The molecular weight excluding hydrogens is 166 g/mol. The smallest absolute Gasteiger partial charge is 0.151 e. The molecule has 0 spiro atoms. The second kappa shape index (κ2) is 5.64. The van der Waals surface area contributed by atoms with Crippen LogP contribution in [0.4, 0.5) is 0 Å². The molecular formula is C8H17N5. The first-order valence-electron chi connectivity index (χ1n) is 4.83. The highest BCUT2D eigenvalue weighted by Crippen LogP contribution is 1.99. The molecule has 0 radical (unpaired) electrons. The molecule has 74 valence electrons. The third-order valence-electron chi connectivity index (χ3n) is 1.93. The standard InChI is InChI=1S/C8H17N5/c1-2-3-7-13-8(5-4-6-9)10-11-12-13/h2-7,9H2,1H3. The van der Waals surface area contributed by atoms with Crippen LogP contribution in [-0.4, -0.2) is 26.8 Å². The van der Waals surface area contributed by atoms with E-state index >= 15 is 0 Å². The van der Waals surface area contributed by atoms with Gasteiger partial charge in [-0.3, -0.25) is 0 Å². The van der Waals surface area contributed by atoms with Crippen LogP contribution >= 0.6 is 0 Å². The van der Waals surface area contributed by atoms with E-state index in [0.29, 0.717) is 6.54 Å². The number of rotatable bonds is 6. The summed E-state index contributed by atoms with van der Waals surface area (Å²) in [5.74, 6) is 0.957. The van der Waals surface area contributed by atoms with Crippen LogP contribution in [0.2, 0.25) is 0 Å². The summed E-state index contributed by atoms with van der Waals surface area (Å²) in [7, 11) is 0. The Morgan fingerprint density at radius 2 is 2.23 bits per heavy atom. The maximum absolute atomic E-state index is 5.42. The number of nitrogens with zero attached hydrogens (tertiary/aromatic N) is 4. The normalized spacial score (nSPS) is 10.6. The summed E-state index contributed by atoms with van der Waals surface area (Å²) in [5, 5.41) is 11.5. The number of tetrazole rings is 1. The van der Waals surface area contributed by atoms with Gasteiger partial charge in [-0.1, -0.05) is 13.3 Å². The van der Waals surface area contributed by atoms with Gasteiger partial charge in [-0.25, -0.2) is 4.68 Å². The molecule has 1 heterocycles. The second-order valence-electron chi connectivity index (χ2n) is 3.06. The van der Waals surface area contributed by atoms with E-state index in [4.69, 9.17) is 5.73 Å². The molecule has 0 bridgehead atoms. The zero-order chi connectivity index (χ0) is 9.52. The summed E-state index contributed by atoms with van der Waals surface area (Å²) < 4.78 is 1.87. The van der Waals surface area contributed by atoms with E-state index in [9.17, 15) is 0 Å². The first kappa shape index (κ1) is 10.1. The molecule has 0 amide bonds. The number of nitrogens with two attached hydrogens (primary N) is 1. The van der Waals surface area contributed by atoms with Crippen LogP contribution < -0.4 is 5.73 Å². The van der Waals surface area contributed by atoms with Crippen molar-refractivity contribution < 1.29 is 0 Å². The van der Waals surface area contributed by atoms with Crippen LogP contribution in [0.15, 0.2) is 0 Å². The molecule has 0 aliphatic rings. The van der Waals surface area contributed by atoms with Crippen molar-refractivity contribution in [2.75, 3.05) is 6.54 Å². The molecule has 0 aliphatic carbocycles. The average Bonchev–Trinajstić information content (AvgIpc) is 2.59. The lowest BCUT2D eigenvalue weighted by atomic mass is 10.3.